The van der Waals surface area contributed by atoms with Gasteiger partial charge in [0, 0.05) is 24.2 Å². The Labute approximate surface area is 135 Å². The van der Waals surface area contributed by atoms with Crippen molar-refractivity contribution in [1.82, 2.24) is 19.7 Å². The molecular formula is C17H22N4O2. The van der Waals surface area contributed by atoms with Crippen molar-refractivity contribution in [1.29, 1.82) is 0 Å². The first kappa shape index (κ1) is 14.6. The molecule has 2 aromatic rings. The summed E-state index contributed by atoms with van der Waals surface area (Å²) in [6.07, 6.45) is 6.93. The minimum Gasteiger partial charge on any atom is -0.374 e. The van der Waals surface area contributed by atoms with E-state index in [-0.39, 0.29) is 24.1 Å². The van der Waals surface area contributed by atoms with E-state index in [9.17, 15) is 4.79 Å². The number of hydrogen-bond acceptors (Lipinski definition) is 4. The molecule has 3 heterocycles. The lowest BCUT2D eigenvalue weighted by molar-refractivity contribution is -0.0445. The van der Waals surface area contributed by atoms with Crippen LogP contribution < -0.4 is 0 Å². The van der Waals surface area contributed by atoms with E-state index in [1.807, 2.05) is 15.6 Å². The van der Waals surface area contributed by atoms with Crippen LogP contribution in [0.3, 0.4) is 0 Å². The van der Waals surface area contributed by atoms with Gasteiger partial charge in [0.05, 0.1) is 30.5 Å². The average molecular weight is 314 g/mol. The molecule has 2 aromatic heterocycles. The van der Waals surface area contributed by atoms with Crippen molar-refractivity contribution in [2.75, 3.05) is 13.2 Å². The molecule has 0 aromatic carbocycles. The number of ether oxygens (including phenoxy) is 1. The van der Waals surface area contributed by atoms with Gasteiger partial charge in [-0.15, -0.1) is 0 Å². The summed E-state index contributed by atoms with van der Waals surface area (Å²) in [7, 11) is 0. The number of pyridine rings is 1. The van der Waals surface area contributed by atoms with Crippen LogP contribution in [0.2, 0.25) is 0 Å². The minimum atomic E-state index is 0.0666. The Morgan fingerprint density at radius 1 is 1.35 bits per heavy atom. The third-order valence-corrected chi connectivity index (χ3v) is 4.91. The molecule has 1 saturated heterocycles. The molecule has 2 aliphatic rings. The Kier molecular flexibility index (Phi) is 3.56. The maximum Gasteiger partial charge on any atom is 0.255 e. The number of morpholine rings is 1. The van der Waals surface area contributed by atoms with Crippen LogP contribution in [0, 0.1) is 0 Å². The molecule has 1 saturated carbocycles. The molecule has 1 aliphatic carbocycles. The molecular weight excluding hydrogens is 292 g/mol. The molecule has 122 valence electrons. The van der Waals surface area contributed by atoms with Gasteiger partial charge in [-0.25, -0.2) is 9.67 Å². The average Bonchev–Trinajstić information content (AvgIpc) is 3.19. The van der Waals surface area contributed by atoms with E-state index >= 15 is 0 Å². The van der Waals surface area contributed by atoms with Crippen molar-refractivity contribution in [2.45, 2.75) is 51.3 Å². The summed E-state index contributed by atoms with van der Waals surface area (Å²) in [6, 6.07) is 2.39. The van der Waals surface area contributed by atoms with E-state index in [2.05, 4.69) is 23.9 Å². The first-order valence-electron chi connectivity index (χ1n) is 8.41. The highest BCUT2D eigenvalue weighted by molar-refractivity contribution is 5.97. The molecule has 6 heteroatoms. The predicted octanol–water partition coefficient (Wildman–Crippen LogP) is 2.41. The summed E-state index contributed by atoms with van der Waals surface area (Å²) in [6.45, 7) is 5.44. The van der Waals surface area contributed by atoms with Gasteiger partial charge in [0.15, 0.2) is 5.65 Å². The maximum absolute atomic E-state index is 12.9. The van der Waals surface area contributed by atoms with Crippen LogP contribution in [0.15, 0.2) is 18.5 Å². The van der Waals surface area contributed by atoms with Crippen molar-refractivity contribution in [3.8, 4) is 0 Å². The molecule has 1 aliphatic heterocycles. The number of nitrogens with zero attached hydrogens (tertiary/aromatic N) is 4. The first-order chi connectivity index (χ1) is 11.1. The molecule has 0 unspecified atom stereocenters. The molecule has 2 fully saturated rings. The SMILES string of the molecule is CC(C)n1ncc2cc(C(=O)N3CCO[C@@H]4CCC[C@@H]43)cnc21. The summed E-state index contributed by atoms with van der Waals surface area (Å²) in [4.78, 5) is 19.4. The van der Waals surface area contributed by atoms with Gasteiger partial charge in [0.2, 0.25) is 0 Å². The van der Waals surface area contributed by atoms with E-state index in [1.54, 1.807) is 12.4 Å². The molecule has 23 heavy (non-hydrogen) atoms. The third-order valence-electron chi connectivity index (χ3n) is 4.91. The quantitative estimate of drug-likeness (QED) is 0.854. The van der Waals surface area contributed by atoms with Crippen LogP contribution in [-0.2, 0) is 4.74 Å². The Hall–Kier alpha value is -1.95. The molecule has 1 amide bonds. The molecule has 2 atom stereocenters. The lowest BCUT2D eigenvalue weighted by atomic mass is 10.1. The van der Waals surface area contributed by atoms with E-state index in [0.717, 1.165) is 30.3 Å². The van der Waals surface area contributed by atoms with E-state index in [1.165, 1.54) is 0 Å². The number of aromatic nitrogens is 3. The zero-order chi connectivity index (χ0) is 16.0. The van der Waals surface area contributed by atoms with Crippen molar-refractivity contribution in [3.05, 3.63) is 24.0 Å². The van der Waals surface area contributed by atoms with Crippen LogP contribution in [0.4, 0.5) is 0 Å². The summed E-state index contributed by atoms with van der Waals surface area (Å²) in [5, 5.41) is 5.29. The van der Waals surface area contributed by atoms with Crippen LogP contribution in [-0.4, -0.2) is 50.9 Å². The molecule has 6 nitrogen and oxygen atoms in total. The lowest BCUT2D eigenvalue weighted by Crippen LogP contribution is -2.51. The second-order valence-electron chi connectivity index (χ2n) is 6.73. The summed E-state index contributed by atoms with van der Waals surface area (Å²) in [5.74, 6) is 0.0666. The fourth-order valence-electron chi connectivity index (χ4n) is 3.78. The zero-order valence-corrected chi connectivity index (χ0v) is 13.6. The van der Waals surface area contributed by atoms with E-state index < -0.39 is 0 Å². The van der Waals surface area contributed by atoms with Crippen molar-refractivity contribution in [3.63, 3.8) is 0 Å². The molecule has 0 radical (unpaired) electrons. The van der Waals surface area contributed by atoms with Crippen molar-refractivity contribution >= 4 is 16.9 Å². The number of carbonyl (C=O) groups is 1. The minimum absolute atomic E-state index is 0.0666. The third kappa shape index (κ3) is 2.41. The standard InChI is InChI=1S/C17H22N4O2/c1-11(2)21-16-12(10-19-21)8-13(9-18-16)17(22)20-6-7-23-15-5-3-4-14(15)20/h8-11,14-15H,3-7H2,1-2H3/t14-,15+/m0/s1. The normalized spacial score (nSPS) is 24.4. The van der Waals surface area contributed by atoms with Crippen LogP contribution in [0.5, 0.6) is 0 Å². The molecule has 0 N–H and O–H groups in total. The Bertz CT molecular complexity index is 739. The lowest BCUT2D eigenvalue weighted by Gasteiger charge is -2.37. The van der Waals surface area contributed by atoms with Gasteiger partial charge in [0.25, 0.3) is 5.91 Å². The summed E-state index contributed by atoms with van der Waals surface area (Å²) >= 11 is 0. The van der Waals surface area contributed by atoms with Gasteiger partial charge in [-0.2, -0.15) is 5.10 Å². The van der Waals surface area contributed by atoms with Crippen LogP contribution >= 0.6 is 0 Å². The van der Waals surface area contributed by atoms with Gasteiger partial charge in [0.1, 0.15) is 0 Å². The Balaban J connectivity index is 1.64. The molecule has 0 spiro atoms. The Morgan fingerprint density at radius 3 is 3.04 bits per heavy atom. The van der Waals surface area contributed by atoms with Crippen molar-refractivity contribution in [2.24, 2.45) is 0 Å². The number of rotatable bonds is 2. The second kappa shape index (κ2) is 5.60. The number of carbonyl (C=O) groups excluding carboxylic acids is 1. The topological polar surface area (TPSA) is 60.2 Å². The van der Waals surface area contributed by atoms with Gasteiger partial charge >= 0.3 is 0 Å². The number of fused-ring (bicyclic) bond motifs is 2. The smallest absolute Gasteiger partial charge is 0.255 e. The monoisotopic (exact) mass is 314 g/mol. The highest BCUT2D eigenvalue weighted by atomic mass is 16.5. The van der Waals surface area contributed by atoms with Gasteiger partial charge in [-0.1, -0.05) is 0 Å². The maximum atomic E-state index is 12.9. The predicted molar refractivity (Wildman–Crippen MR) is 86.3 cm³/mol. The van der Waals surface area contributed by atoms with Crippen LogP contribution in [0.25, 0.3) is 11.0 Å². The van der Waals surface area contributed by atoms with E-state index in [0.29, 0.717) is 18.7 Å². The van der Waals surface area contributed by atoms with Gasteiger partial charge in [-0.05, 0) is 39.2 Å². The van der Waals surface area contributed by atoms with Gasteiger partial charge < -0.3 is 9.64 Å². The highest BCUT2D eigenvalue weighted by Crippen LogP contribution is 2.30. The van der Waals surface area contributed by atoms with Crippen LogP contribution in [0.1, 0.15) is 49.5 Å². The van der Waals surface area contributed by atoms with E-state index in [4.69, 9.17) is 4.74 Å². The first-order valence-corrected chi connectivity index (χ1v) is 8.41. The van der Waals surface area contributed by atoms with Gasteiger partial charge in [-0.3, -0.25) is 4.79 Å². The van der Waals surface area contributed by atoms with Crippen molar-refractivity contribution < 1.29 is 9.53 Å². The largest absolute Gasteiger partial charge is 0.374 e. The summed E-state index contributed by atoms with van der Waals surface area (Å²) in [5.41, 5.74) is 1.48. The highest BCUT2D eigenvalue weighted by Gasteiger charge is 2.38. The number of hydrogen-bond donors (Lipinski definition) is 0. The molecule has 4 rings (SSSR count). The summed E-state index contributed by atoms with van der Waals surface area (Å²) < 4.78 is 7.68. The Morgan fingerprint density at radius 2 is 2.22 bits per heavy atom. The molecule has 0 bridgehead atoms. The number of amides is 1. The second-order valence-corrected chi connectivity index (χ2v) is 6.73. The fraction of sp³-hybridized carbons (Fsp3) is 0.588. The zero-order valence-electron chi connectivity index (χ0n) is 13.6. The fourth-order valence-corrected chi connectivity index (χ4v) is 3.78.